The van der Waals surface area contributed by atoms with E-state index < -0.39 is 0 Å². The van der Waals surface area contributed by atoms with E-state index in [0.717, 1.165) is 38.3 Å². The molecular formula is C16H30N2O2. The first-order chi connectivity index (χ1) is 9.75. The highest BCUT2D eigenvalue weighted by atomic mass is 16.3. The number of carbonyl (C=O) groups is 1. The molecule has 0 spiro atoms. The van der Waals surface area contributed by atoms with Crippen LogP contribution in [-0.4, -0.2) is 48.2 Å². The van der Waals surface area contributed by atoms with Crippen LogP contribution in [0.1, 0.15) is 57.8 Å². The predicted octanol–water partition coefficient (Wildman–Crippen LogP) is 1.92. The van der Waals surface area contributed by atoms with Crippen LogP contribution < -0.4 is 5.32 Å². The lowest BCUT2D eigenvalue weighted by molar-refractivity contribution is -0.132. The quantitative estimate of drug-likeness (QED) is 0.702. The van der Waals surface area contributed by atoms with Crippen LogP contribution >= 0.6 is 0 Å². The summed E-state index contributed by atoms with van der Waals surface area (Å²) < 4.78 is 0. The molecule has 1 saturated carbocycles. The van der Waals surface area contributed by atoms with Gasteiger partial charge >= 0.3 is 0 Å². The summed E-state index contributed by atoms with van der Waals surface area (Å²) >= 11 is 0. The highest BCUT2D eigenvalue weighted by Crippen LogP contribution is 2.28. The number of aliphatic hydroxyl groups is 1. The Kier molecular flexibility index (Phi) is 6.80. The van der Waals surface area contributed by atoms with Crippen LogP contribution in [0.25, 0.3) is 0 Å². The molecule has 0 bridgehead atoms. The Labute approximate surface area is 122 Å². The van der Waals surface area contributed by atoms with Gasteiger partial charge in [0.05, 0.1) is 6.10 Å². The summed E-state index contributed by atoms with van der Waals surface area (Å²) in [5.74, 6) is 0.990. The molecule has 1 amide bonds. The number of aliphatic hydroxyl groups excluding tert-OH is 1. The zero-order chi connectivity index (χ0) is 14.2. The lowest BCUT2D eigenvalue weighted by atomic mass is 10.00. The molecule has 0 radical (unpaired) electrons. The van der Waals surface area contributed by atoms with Crippen molar-refractivity contribution in [3.05, 3.63) is 0 Å². The van der Waals surface area contributed by atoms with E-state index in [1.807, 2.05) is 4.90 Å². The standard InChI is InChI=1S/C16H30N2O2/c19-15(12-14-6-2-3-7-14)13-17-9-8-16(20)18-10-4-1-5-11-18/h14-15,17,19H,1-13H2. The van der Waals surface area contributed by atoms with Crippen LogP contribution in [0.15, 0.2) is 0 Å². The lowest BCUT2D eigenvalue weighted by Crippen LogP contribution is -2.38. The average Bonchev–Trinajstić information content (AvgIpc) is 2.97. The number of likely N-dealkylation sites (tertiary alicyclic amines) is 1. The van der Waals surface area contributed by atoms with Gasteiger partial charge in [0.2, 0.25) is 5.91 Å². The minimum atomic E-state index is -0.247. The maximum absolute atomic E-state index is 11.9. The molecule has 116 valence electrons. The van der Waals surface area contributed by atoms with Crippen LogP contribution in [-0.2, 0) is 4.79 Å². The van der Waals surface area contributed by atoms with Crippen LogP contribution in [0, 0.1) is 5.92 Å². The normalized spacial score (nSPS) is 22.1. The average molecular weight is 282 g/mol. The second-order valence-corrected chi connectivity index (χ2v) is 6.44. The van der Waals surface area contributed by atoms with E-state index in [0.29, 0.717) is 19.5 Å². The summed E-state index contributed by atoms with van der Waals surface area (Å²) in [6.45, 7) is 3.19. The zero-order valence-electron chi connectivity index (χ0n) is 12.6. The molecule has 4 nitrogen and oxygen atoms in total. The monoisotopic (exact) mass is 282 g/mol. The molecule has 1 heterocycles. The minimum absolute atomic E-state index is 0.247. The van der Waals surface area contributed by atoms with Crippen LogP contribution in [0.3, 0.4) is 0 Å². The summed E-state index contributed by atoms with van der Waals surface area (Å²) in [7, 11) is 0. The lowest BCUT2D eigenvalue weighted by Gasteiger charge is -2.26. The second-order valence-electron chi connectivity index (χ2n) is 6.44. The Balaban J connectivity index is 1.50. The van der Waals surface area contributed by atoms with Crippen molar-refractivity contribution < 1.29 is 9.90 Å². The van der Waals surface area contributed by atoms with Crippen molar-refractivity contribution >= 4 is 5.91 Å². The zero-order valence-corrected chi connectivity index (χ0v) is 12.6. The van der Waals surface area contributed by atoms with E-state index in [4.69, 9.17) is 0 Å². The SMILES string of the molecule is O=C(CCNCC(O)CC1CCCC1)N1CCCCC1. The smallest absolute Gasteiger partial charge is 0.223 e. The Hall–Kier alpha value is -0.610. The van der Waals surface area contributed by atoms with Gasteiger partial charge in [0.25, 0.3) is 0 Å². The summed E-state index contributed by atoms with van der Waals surface area (Å²) in [5.41, 5.74) is 0. The van der Waals surface area contributed by atoms with Crippen LogP contribution in [0.5, 0.6) is 0 Å². The molecule has 2 N–H and O–H groups in total. The van der Waals surface area contributed by atoms with E-state index >= 15 is 0 Å². The third-order valence-electron chi connectivity index (χ3n) is 4.68. The number of nitrogens with one attached hydrogen (secondary N) is 1. The minimum Gasteiger partial charge on any atom is -0.392 e. The topological polar surface area (TPSA) is 52.6 Å². The largest absolute Gasteiger partial charge is 0.392 e. The number of piperidine rings is 1. The molecule has 1 aliphatic heterocycles. The molecular weight excluding hydrogens is 252 g/mol. The second kappa shape index (κ2) is 8.63. The number of amides is 1. The van der Waals surface area contributed by atoms with E-state index in [9.17, 15) is 9.90 Å². The van der Waals surface area contributed by atoms with Gasteiger partial charge < -0.3 is 15.3 Å². The van der Waals surface area contributed by atoms with Gasteiger partial charge in [-0.05, 0) is 31.6 Å². The molecule has 0 aromatic carbocycles. The molecule has 0 aromatic rings. The highest BCUT2D eigenvalue weighted by Gasteiger charge is 2.19. The van der Waals surface area contributed by atoms with Gasteiger partial charge in [-0.2, -0.15) is 0 Å². The van der Waals surface area contributed by atoms with Gasteiger partial charge in [0, 0.05) is 32.6 Å². The first-order valence-corrected chi connectivity index (χ1v) is 8.42. The van der Waals surface area contributed by atoms with E-state index in [2.05, 4.69) is 5.32 Å². The van der Waals surface area contributed by atoms with Crippen LogP contribution in [0.2, 0.25) is 0 Å². The fourth-order valence-corrected chi connectivity index (χ4v) is 3.48. The first kappa shape index (κ1) is 15.8. The Morgan fingerprint density at radius 3 is 2.55 bits per heavy atom. The summed E-state index contributed by atoms with van der Waals surface area (Å²) in [6.07, 6.45) is 10.0. The Morgan fingerprint density at radius 2 is 1.85 bits per heavy atom. The number of hydrogen-bond acceptors (Lipinski definition) is 3. The van der Waals surface area contributed by atoms with Crippen molar-refractivity contribution in [3.63, 3.8) is 0 Å². The van der Waals surface area contributed by atoms with E-state index in [1.165, 1.54) is 32.1 Å². The van der Waals surface area contributed by atoms with Gasteiger partial charge in [-0.25, -0.2) is 0 Å². The highest BCUT2D eigenvalue weighted by molar-refractivity contribution is 5.76. The molecule has 1 saturated heterocycles. The summed E-state index contributed by atoms with van der Waals surface area (Å²) in [5, 5.41) is 13.2. The van der Waals surface area contributed by atoms with Crippen molar-refractivity contribution in [2.75, 3.05) is 26.2 Å². The number of rotatable bonds is 7. The molecule has 1 atom stereocenters. The number of hydrogen-bond donors (Lipinski definition) is 2. The first-order valence-electron chi connectivity index (χ1n) is 8.42. The van der Waals surface area contributed by atoms with Crippen molar-refractivity contribution in [1.29, 1.82) is 0 Å². The van der Waals surface area contributed by atoms with Gasteiger partial charge in [-0.15, -0.1) is 0 Å². The molecule has 2 fully saturated rings. The van der Waals surface area contributed by atoms with Crippen LogP contribution in [0.4, 0.5) is 0 Å². The molecule has 1 unspecified atom stereocenters. The molecule has 20 heavy (non-hydrogen) atoms. The predicted molar refractivity (Wildman–Crippen MR) is 80.5 cm³/mol. The molecule has 2 aliphatic rings. The number of nitrogens with zero attached hydrogens (tertiary/aromatic N) is 1. The molecule has 0 aromatic heterocycles. The summed E-state index contributed by atoms with van der Waals surface area (Å²) in [4.78, 5) is 13.9. The third-order valence-corrected chi connectivity index (χ3v) is 4.68. The summed E-state index contributed by atoms with van der Waals surface area (Å²) in [6, 6.07) is 0. The van der Waals surface area contributed by atoms with Crippen molar-refractivity contribution in [2.45, 2.75) is 63.9 Å². The maximum Gasteiger partial charge on any atom is 0.223 e. The van der Waals surface area contributed by atoms with E-state index in [-0.39, 0.29) is 12.0 Å². The van der Waals surface area contributed by atoms with Crippen molar-refractivity contribution in [2.24, 2.45) is 5.92 Å². The van der Waals surface area contributed by atoms with Crippen molar-refractivity contribution in [3.8, 4) is 0 Å². The van der Waals surface area contributed by atoms with Gasteiger partial charge in [-0.3, -0.25) is 4.79 Å². The van der Waals surface area contributed by atoms with Crippen molar-refractivity contribution in [1.82, 2.24) is 10.2 Å². The molecule has 2 rings (SSSR count). The van der Waals surface area contributed by atoms with Gasteiger partial charge in [0.15, 0.2) is 0 Å². The number of carbonyl (C=O) groups excluding carboxylic acids is 1. The maximum atomic E-state index is 11.9. The van der Waals surface area contributed by atoms with E-state index in [1.54, 1.807) is 0 Å². The Morgan fingerprint density at radius 1 is 1.15 bits per heavy atom. The molecule has 1 aliphatic carbocycles. The molecule has 4 heteroatoms. The van der Waals surface area contributed by atoms with Gasteiger partial charge in [-0.1, -0.05) is 25.7 Å². The Bertz CT molecular complexity index is 284. The van der Waals surface area contributed by atoms with Gasteiger partial charge in [0.1, 0.15) is 0 Å². The third kappa shape index (κ3) is 5.41. The fraction of sp³-hybridized carbons (Fsp3) is 0.938. The fourth-order valence-electron chi connectivity index (χ4n) is 3.48.